The maximum atomic E-state index is 12.2. The van der Waals surface area contributed by atoms with Crippen molar-refractivity contribution in [3.8, 4) is 5.75 Å². The minimum Gasteiger partial charge on any atom is -0.484 e. The SMILES string of the molecule is CC(=O)c1cccc(OCC(=O)Nc2ccnn2C2CCCCC2)c1. The van der Waals surface area contributed by atoms with Crippen molar-refractivity contribution in [1.29, 1.82) is 0 Å². The van der Waals surface area contributed by atoms with E-state index in [4.69, 9.17) is 4.74 Å². The largest absolute Gasteiger partial charge is 0.484 e. The average molecular weight is 341 g/mol. The lowest BCUT2D eigenvalue weighted by molar-refractivity contribution is -0.118. The second-order valence-corrected chi connectivity index (χ2v) is 6.37. The standard InChI is InChI=1S/C19H23N3O3/c1-14(23)15-6-5-9-17(12-15)25-13-19(24)21-18-10-11-20-22(18)16-7-3-2-4-8-16/h5-6,9-12,16H,2-4,7-8,13H2,1H3,(H,21,24). The highest BCUT2D eigenvalue weighted by Crippen LogP contribution is 2.29. The monoisotopic (exact) mass is 341 g/mol. The zero-order chi connectivity index (χ0) is 17.6. The third kappa shape index (κ3) is 4.47. The molecule has 0 aliphatic heterocycles. The van der Waals surface area contributed by atoms with Crippen LogP contribution in [0.3, 0.4) is 0 Å². The first-order valence-electron chi connectivity index (χ1n) is 8.70. The first-order chi connectivity index (χ1) is 12.1. The minimum absolute atomic E-state index is 0.0358. The molecule has 2 aromatic rings. The Hall–Kier alpha value is -2.63. The molecule has 3 rings (SSSR count). The summed E-state index contributed by atoms with van der Waals surface area (Å²) in [5.74, 6) is 0.929. The molecule has 1 aromatic carbocycles. The van der Waals surface area contributed by atoms with Crippen LogP contribution in [0.4, 0.5) is 5.82 Å². The summed E-state index contributed by atoms with van der Waals surface area (Å²) < 4.78 is 7.41. The Morgan fingerprint density at radius 3 is 2.80 bits per heavy atom. The molecule has 0 radical (unpaired) electrons. The summed E-state index contributed by atoms with van der Waals surface area (Å²) in [5, 5.41) is 7.23. The third-order valence-electron chi connectivity index (χ3n) is 4.47. The highest BCUT2D eigenvalue weighted by Gasteiger charge is 2.19. The van der Waals surface area contributed by atoms with Gasteiger partial charge < -0.3 is 10.1 Å². The fraction of sp³-hybridized carbons (Fsp3) is 0.421. The second kappa shape index (κ2) is 7.96. The van der Waals surface area contributed by atoms with E-state index in [2.05, 4.69) is 10.4 Å². The number of aromatic nitrogens is 2. The normalized spacial score (nSPS) is 14.9. The van der Waals surface area contributed by atoms with Gasteiger partial charge in [0.15, 0.2) is 12.4 Å². The lowest BCUT2D eigenvalue weighted by Gasteiger charge is -2.23. The molecule has 132 valence electrons. The Balaban J connectivity index is 1.57. The summed E-state index contributed by atoms with van der Waals surface area (Å²) in [6, 6.07) is 8.99. The number of ether oxygens (including phenoxy) is 1. The zero-order valence-corrected chi connectivity index (χ0v) is 14.4. The number of nitrogens with one attached hydrogen (secondary N) is 1. The quantitative estimate of drug-likeness (QED) is 0.815. The van der Waals surface area contributed by atoms with Crippen LogP contribution in [0.1, 0.15) is 55.4 Å². The van der Waals surface area contributed by atoms with E-state index in [9.17, 15) is 9.59 Å². The number of hydrogen-bond donors (Lipinski definition) is 1. The van der Waals surface area contributed by atoms with Crippen LogP contribution < -0.4 is 10.1 Å². The van der Waals surface area contributed by atoms with Crippen molar-refractivity contribution in [3.05, 3.63) is 42.1 Å². The van der Waals surface area contributed by atoms with Gasteiger partial charge in [-0.3, -0.25) is 9.59 Å². The van der Waals surface area contributed by atoms with Gasteiger partial charge in [-0.05, 0) is 31.9 Å². The predicted molar refractivity (Wildman–Crippen MR) is 94.9 cm³/mol. The van der Waals surface area contributed by atoms with Gasteiger partial charge in [-0.1, -0.05) is 31.4 Å². The van der Waals surface area contributed by atoms with Crippen molar-refractivity contribution in [1.82, 2.24) is 9.78 Å². The van der Waals surface area contributed by atoms with Gasteiger partial charge in [-0.25, -0.2) is 4.68 Å². The molecular formula is C19H23N3O3. The van der Waals surface area contributed by atoms with Gasteiger partial charge in [0.05, 0.1) is 12.2 Å². The van der Waals surface area contributed by atoms with Crippen molar-refractivity contribution < 1.29 is 14.3 Å². The van der Waals surface area contributed by atoms with Crippen molar-refractivity contribution in [2.24, 2.45) is 0 Å². The molecule has 0 saturated heterocycles. The molecule has 0 atom stereocenters. The van der Waals surface area contributed by atoms with Crippen LogP contribution in [0.5, 0.6) is 5.75 Å². The van der Waals surface area contributed by atoms with Crippen molar-refractivity contribution >= 4 is 17.5 Å². The number of ketones is 1. The molecule has 1 aliphatic carbocycles. The van der Waals surface area contributed by atoms with Crippen LogP contribution in [0.2, 0.25) is 0 Å². The van der Waals surface area contributed by atoms with Gasteiger partial charge in [-0.2, -0.15) is 5.10 Å². The highest BCUT2D eigenvalue weighted by molar-refractivity contribution is 5.94. The molecule has 0 unspecified atom stereocenters. The first kappa shape index (κ1) is 17.2. The molecule has 1 heterocycles. The maximum Gasteiger partial charge on any atom is 0.263 e. The molecule has 6 heteroatoms. The van der Waals surface area contributed by atoms with Crippen LogP contribution in [0.25, 0.3) is 0 Å². The number of hydrogen-bond acceptors (Lipinski definition) is 4. The topological polar surface area (TPSA) is 73.2 Å². The van der Waals surface area contributed by atoms with Crippen LogP contribution in [-0.2, 0) is 4.79 Å². The van der Waals surface area contributed by atoms with Gasteiger partial charge in [0.1, 0.15) is 11.6 Å². The summed E-state index contributed by atoms with van der Waals surface area (Å²) in [5.41, 5.74) is 0.563. The van der Waals surface area contributed by atoms with Crippen LogP contribution in [0.15, 0.2) is 36.5 Å². The van der Waals surface area contributed by atoms with Gasteiger partial charge in [-0.15, -0.1) is 0 Å². The van der Waals surface area contributed by atoms with E-state index in [0.29, 0.717) is 23.2 Å². The number of nitrogens with zero attached hydrogens (tertiary/aromatic N) is 2. The zero-order valence-electron chi connectivity index (χ0n) is 14.4. The predicted octanol–water partition coefficient (Wildman–Crippen LogP) is 3.61. The van der Waals surface area contributed by atoms with Gasteiger partial charge >= 0.3 is 0 Å². The van der Waals surface area contributed by atoms with E-state index in [0.717, 1.165) is 12.8 Å². The summed E-state index contributed by atoms with van der Waals surface area (Å²) in [6.07, 6.45) is 7.58. The smallest absolute Gasteiger partial charge is 0.263 e. The lowest BCUT2D eigenvalue weighted by Crippen LogP contribution is -2.24. The Labute approximate surface area is 147 Å². The fourth-order valence-electron chi connectivity index (χ4n) is 3.16. The number of benzene rings is 1. The molecule has 1 amide bonds. The number of carbonyl (C=O) groups is 2. The molecule has 0 spiro atoms. The summed E-state index contributed by atoms with van der Waals surface area (Å²) in [7, 11) is 0. The number of anilines is 1. The molecule has 6 nitrogen and oxygen atoms in total. The van der Waals surface area contributed by atoms with Crippen molar-refractivity contribution in [3.63, 3.8) is 0 Å². The minimum atomic E-state index is -0.245. The number of carbonyl (C=O) groups excluding carboxylic acids is 2. The molecule has 1 aromatic heterocycles. The Morgan fingerprint density at radius 2 is 2.04 bits per heavy atom. The highest BCUT2D eigenvalue weighted by atomic mass is 16.5. The van der Waals surface area contributed by atoms with E-state index in [-0.39, 0.29) is 18.3 Å². The van der Waals surface area contributed by atoms with Gasteiger partial charge in [0.25, 0.3) is 5.91 Å². The second-order valence-electron chi connectivity index (χ2n) is 6.37. The van der Waals surface area contributed by atoms with E-state index >= 15 is 0 Å². The Morgan fingerprint density at radius 1 is 1.24 bits per heavy atom. The molecule has 1 saturated carbocycles. The fourth-order valence-corrected chi connectivity index (χ4v) is 3.16. The number of rotatable bonds is 6. The summed E-state index contributed by atoms with van der Waals surface area (Å²) in [4.78, 5) is 23.6. The molecular weight excluding hydrogens is 318 g/mol. The van der Waals surface area contributed by atoms with E-state index < -0.39 is 0 Å². The van der Waals surface area contributed by atoms with Crippen LogP contribution >= 0.6 is 0 Å². The van der Waals surface area contributed by atoms with E-state index in [1.54, 1.807) is 30.5 Å². The van der Waals surface area contributed by atoms with Crippen LogP contribution in [-0.4, -0.2) is 28.1 Å². The number of Topliss-reactive ketones (excluding diaryl/α,β-unsaturated/α-hetero) is 1. The van der Waals surface area contributed by atoms with Crippen LogP contribution in [0, 0.1) is 0 Å². The molecule has 1 N–H and O–H groups in total. The van der Waals surface area contributed by atoms with Gasteiger partial charge in [0.2, 0.25) is 0 Å². The third-order valence-corrected chi connectivity index (χ3v) is 4.47. The average Bonchev–Trinajstić information content (AvgIpc) is 3.09. The molecule has 1 aliphatic rings. The molecule has 1 fully saturated rings. The molecule has 25 heavy (non-hydrogen) atoms. The van der Waals surface area contributed by atoms with Crippen molar-refractivity contribution in [2.75, 3.05) is 11.9 Å². The first-order valence-corrected chi connectivity index (χ1v) is 8.70. The summed E-state index contributed by atoms with van der Waals surface area (Å²) >= 11 is 0. The maximum absolute atomic E-state index is 12.2. The number of amides is 1. The van der Waals surface area contributed by atoms with Crippen molar-refractivity contribution in [2.45, 2.75) is 45.1 Å². The Kier molecular flexibility index (Phi) is 5.48. The van der Waals surface area contributed by atoms with E-state index in [1.165, 1.54) is 26.2 Å². The van der Waals surface area contributed by atoms with E-state index in [1.807, 2.05) is 10.7 Å². The molecule has 0 bridgehead atoms. The summed E-state index contributed by atoms with van der Waals surface area (Å²) in [6.45, 7) is 1.38. The van der Waals surface area contributed by atoms with Gasteiger partial charge in [0, 0.05) is 11.6 Å². The lowest BCUT2D eigenvalue weighted by atomic mass is 9.96. The Bertz CT molecular complexity index is 748.